The molecule has 5 nitrogen and oxygen atoms in total. The zero-order valence-electron chi connectivity index (χ0n) is 13.3. The lowest BCUT2D eigenvalue weighted by Gasteiger charge is -2.36. The molecule has 22 heavy (non-hydrogen) atoms. The summed E-state index contributed by atoms with van der Waals surface area (Å²) in [6.45, 7) is 1.90. The summed E-state index contributed by atoms with van der Waals surface area (Å²) in [6, 6.07) is 2.19. The summed E-state index contributed by atoms with van der Waals surface area (Å²) >= 11 is 0. The Morgan fingerprint density at radius 3 is 2.73 bits per heavy atom. The number of piperidine rings is 1. The van der Waals surface area contributed by atoms with Crippen LogP contribution in [0.4, 0.5) is 0 Å². The SMILES string of the molecule is O=C(COC1CCCCC1)N1CCCCC1Cn1cccn1. The molecule has 0 radical (unpaired) electrons. The second kappa shape index (κ2) is 7.77. The quantitative estimate of drug-likeness (QED) is 0.840. The van der Waals surface area contributed by atoms with E-state index in [0.717, 1.165) is 38.8 Å². The van der Waals surface area contributed by atoms with Gasteiger partial charge in [0.05, 0.1) is 18.7 Å². The van der Waals surface area contributed by atoms with Gasteiger partial charge >= 0.3 is 0 Å². The van der Waals surface area contributed by atoms with Crippen LogP contribution in [-0.4, -0.2) is 45.9 Å². The Kier molecular flexibility index (Phi) is 5.48. The van der Waals surface area contributed by atoms with Crippen molar-refractivity contribution in [1.29, 1.82) is 0 Å². The van der Waals surface area contributed by atoms with Gasteiger partial charge in [-0.25, -0.2) is 0 Å². The third-order valence-corrected chi connectivity index (χ3v) is 4.90. The molecule has 0 N–H and O–H groups in total. The van der Waals surface area contributed by atoms with E-state index in [1.165, 1.54) is 25.7 Å². The maximum absolute atomic E-state index is 12.6. The minimum Gasteiger partial charge on any atom is -0.368 e. The third-order valence-electron chi connectivity index (χ3n) is 4.90. The molecule has 0 spiro atoms. The van der Waals surface area contributed by atoms with E-state index in [1.54, 1.807) is 6.20 Å². The van der Waals surface area contributed by atoms with Gasteiger partial charge in [-0.1, -0.05) is 19.3 Å². The van der Waals surface area contributed by atoms with Crippen LogP contribution in [0.25, 0.3) is 0 Å². The van der Waals surface area contributed by atoms with Crippen molar-refractivity contribution in [3.63, 3.8) is 0 Å². The predicted molar refractivity (Wildman–Crippen MR) is 84.4 cm³/mol. The van der Waals surface area contributed by atoms with Crippen LogP contribution in [0.2, 0.25) is 0 Å². The molecular formula is C17H27N3O2. The van der Waals surface area contributed by atoms with Crippen molar-refractivity contribution in [2.75, 3.05) is 13.2 Å². The molecule has 1 aliphatic heterocycles. The van der Waals surface area contributed by atoms with Gasteiger partial charge in [0.1, 0.15) is 6.61 Å². The van der Waals surface area contributed by atoms with Crippen LogP contribution in [-0.2, 0) is 16.1 Å². The number of rotatable bonds is 5. The molecule has 0 bridgehead atoms. The number of amides is 1. The van der Waals surface area contributed by atoms with Gasteiger partial charge in [-0.15, -0.1) is 0 Å². The Labute approximate surface area is 132 Å². The van der Waals surface area contributed by atoms with Crippen LogP contribution in [0, 0.1) is 0 Å². The summed E-state index contributed by atoms with van der Waals surface area (Å²) < 4.78 is 7.80. The Morgan fingerprint density at radius 1 is 1.14 bits per heavy atom. The average molecular weight is 305 g/mol. The van der Waals surface area contributed by atoms with Crippen molar-refractivity contribution >= 4 is 5.91 Å². The summed E-state index contributed by atoms with van der Waals surface area (Å²) in [4.78, 5) is 14.6. The highest BCUT2D eigenvalue weighted by atomic mass is 16.5. The smallest absolute Gasteiger partial charge is 0.248 e. The molecule has 5 heteroatoms. The molecule has 2 fully saturated rings. The summed E-state index contributed by atoms with van der Waals surface area (Å²) in [5.41, 5.74) is 0. The first-order valence-electron chi connectivity index (χ1n) is 8.71. The van der Waals surface area contributed by atoms with Crippen molar-refractivity contribution in [3.8, 4) is 0 Å². The molecule has 2 aliphatic rings. The summed E-state index contributed by atoms with van der Waals surface area (Å²) in [6.07, 6.45) is 13.4. The lowest BCUT2D eigenvalue weighted by atomic mass is 9.98. The zero-order chi connectivity index (χ0) is 15.2. The van der Waals surface area contributed by atoms with E-state index in [4.69, 9.17) is 4.74 Å². The van der Waals surface area contributed by atoms with Crippen LogP contribution in [0.1, 0.15) is 51.4 Å². The molecule has 1 aromatic heterocycles. The lowest BCUT2D eigenvalue weighted by molar-refractivity contribution is -0.143. The fourth-order valence-electron chi connectivity index (χ4n) is 3.65. The maximum atomic E-state index is 12.6. The highest BCUT2D eigenvalue weighted by Gasteiger charge is 2.27. The number of ether oxygens (including phenoxy) is 1. The van der Waals surface area contributed by atoms with Gasteiger partial charge in [0.15, 0.2) is 0 Å². The Balaban J connectivity index is 1.51. The van der Waals surface area contributed by atoms with Gasteiger partial charge in [-0.3, -0.25) is 9.48 Å². The van der Waals surface area contributed by atoms with E-state index in [9.17, 15) is 4.79 Å². The topological polar surface area (TPSA) is 47.4 Å². The van der Waals surface area contributed by atoms with E-state index in [2.05, 4.69) is 5.10 Å². The minimum absolute atomic E-state index is 0.155. The van der Waals surface area contributed by atoms with Crippen molar-refractivity contribution in [2.45, 2.75) is 70.1 Å². The summed E-state index contributed by atoms with van der Waals surface area (Å²) in [7, 11) is 0. The molecule has 1 atom stereocenters. The molecule has 1 saturated carbocycles. The van der Waals surface area contributed by atoms with Crippen LogP contribution in [0.5, 0.6) is 0 Å². The van der Waals surface area contributed by atoms with Crippen molar-refractivity contribution < 1.29 is 9.53 Å². The monoisotopic (exact) mass is 305 g/mol. The molecule has 3 rings (SSSR count). The van der Waals surface area contributed by atoms with Gasteiger partial charge in [0, 0.05) is 18.9 Å². The first-order valence-corrected chi connectivity index (χ1v) is 8.71. The average Bonchev–Trinajstić information content (AvgIpc) is 3.07. The molecule has 2 heterocycles. The molecule has 1 amide bonds. The number of hydrogen-bond donors (Lipinski definition) is 0. The molecule has 0 aromatic carbocycles. The second-order valence-corrected chi connectivity index (χ2v) is 6.54. The number of carbonyl (C=O) groups excluding carboxylic acids is 1. The van der Waals surface area contributed by atoms with Gasteiger partial charge < -0.3 is 9.64 Å². The summed E-state index contributed by atoms with van der Waals surface area (Å²) in [5, 5.41) is 4.27. The maximum Gasteiger partial charge on any atom is 0.248 e. The van der Waals surface area contributed by atoms with E-state index < -0.39 is 0 Å². The van der Waals surface area contributed by atoms with Gasteiger partial charge in [-0.2, -0.15) is 5.10 Å². The van der Waals surface area contributed by atoms with Crippen LogP contribution in [0.3, 0.4) is 0 Å². The van der Waals surface area contributed by atoms with E-state index in [0.29, 0.717) is 6.10 Å². The fourth-order valence-corrected chi connectivity index (χ4v) is 3.65. The first kappa shape index (κ1) is 15.5. The minimum atomic E-state index is 0.155. The Hall–Kier alpha value is -1.36. The standard InChI is InChI=1S/C17H27N3O2/c21-17(14-22-16-8-2-1-3-9-16)20-12-5-4-7-15(20)13-19-11-6-10-18-19/h6,10-11,15-16H,1-5,7-9,12-14H2. The molecule has 1 aliphatic carbocycles. The van der Waals surface area contributed by atoms with Gasteiger partial charge in [0.25, 0.3) is 0 Å². The highest BCUT2D eigenvalue weighted by Crippen LogP contribution is 2.22. The number of likely N-dealkylation sites (tertiary alicyclic amines) is 1. The number of nitrogens with zero attached hydrogens (tertiary/aromatic N) is 3. The highest BCUT2D eigenvalue weighted by molar-refractivity contribution is 5.77. The number of aromatic nitrogens is 2. The van der Waals surface area contributed by atoms with Crippen molar-refractivity contribution in [2.24, 2.45) is 0 Å². The van der Waals surface area contributed by atoms with Crippen LogP contribution < -0.4 is 0 Å². The van der Waals surface area contributed by atoms with Crippen LogP contribution >= 0.6 is 0 Å². The Bertz CT molecular complexity index is 454. The Morgan fingerprint density at radius 2 is 1.95 bits per heavy atom. The van der Waals surface area contributed by atoms with Crippen molar-refractivity contribution in [3.05, 3.63) is 18.5 Å². The van der Waals surface area contributed by atoms with E-state index >= 15 is 0 Å². The number of hydrogen-bond acceptors (Lipinski definition) is 3. The zero-order valence-corrected chi connectivity index (χ0v) is 13.3. The van der Waals surface area contributed by atoms with Gasteiger partial charge in [-0.05, 0) is 38.2 Å². The number of carbonyl (C=O) groups is 1. The van der Waals surface area contributed by atoms with E-state index in [1.807, 2.05) is 21.8 Å². The van der Waals surface area contributed by atoms with E-state index in [-0.39, 0.29) is 18.6 Å². The summed E-state index contributed by atoms with van der Waals surface area (Å²) in [5.74, 6) is 0.155. The predicted octanol–water partition coefficient (Wildman–Crippen LogP) is 2.61. The molecule has 1 unspecified atom stereocenters. The normalized spacial score (nSPS) is 23.6. The fraction of sp³-hybridized carbons (Fsp3) is 0.765. The van der Waals surface area contributed by atoms with Crippen LogP contribution in [0.15, 0.2) is 18.5 Å². The molecular weight excluding hydrogens is 278 g/mol. The molecule has 1 aromatic rings. The second-order valence-electron chi connectivity index (χ2n) is 6.54. The van der Waals surface area contributed by atoms with Crippen molar-refractivity contribution in [1.82, 2.24) is 14.7 Å². The largest absolute Gasteiger partial charge is 0.368 e. The van der Waals surface area contributed by atoms with Gasteiger partial charge in [0.2, 0.25) is 5.91 Å². The third kappa shape index (κ3) is 4.09. The lowest BCUT2D eigenvalue weighted by Crippen LogP contribution is -2.47. The first-order chi connectivity index (χ1) is 10.8. The molecule has 122 valence electrons. The molecule has 1 saturated heterocycles.